The normalized spacial score (nSPS) is 10.4. The van der Waals surface area contributed by atoms with Gasteiger partial charge in [0.05, 0.1) is 22.2 Å². The van der Waals surface area contributed by atoms with Crippen LogP contribution in [-0.2, 0) is 6.61 Å². The number of hydrogen-bond donors (Lipinski definition) is 1. The van der Waals surface area contributed by atoms with Crippen molar-refractivity contribution in [3.63, 3.8) is 0 Å². The Morgan fingerprint density at radius 3 is 2.56 bits per heavy atom. The third kappa shape index (κ3) is 2.75. The summed E-state index contributed by atoms with van der Waals surface area (Å²) < 4.78 is 18.9. The van der Waals surface area contributed by atoms with Crippen LogP contribution in [-0.4, -0.2) is 5.11 Å². The first-order valence-electron chi connectivity index (χ1n) is 5.13. The van der Waals surface area contributed by atoms with Crippen LogP contribution in [0.15, 0.2) is 36.4 Å². The van der Waals surface area contributed by atoms with Gasteiger partial charge in [-0.25, -0.2) is 4.39 Å². The molecule has 0 atom stereocenters. The Balaban J connectivity index is 2.34. The first kappa shape index (κ1) is 13.1. The third-order valence-corrected chi connectivity index (χ3v) is 3.09. The summed E-state index contributed by atoms with van der Waals surface area (Å²) in [5.41, 5.74) is 0.101. The summed E-state index contributed by atoms with van der Waals surface area (Å²) in [7, 11) is 0. The molecular weight excluding hydrogens is 278 g/mol. The van der Waals surface area contributed by atoms with Gasteiger partial charge in [0.1, 0.15) is 17.3 Å². The maximum Gasteiger partial charge on any atom is 0.135 e. The minimum atomic E-state index is -0.518. The van der Waals surface area contributed by atoms with Crippen LogP contribution >= 0.6 is 23.2 Å². The van der Waals surface area contributed by atoms with Crippen molar-refractivity contribution < 1.29 is 14.2 Å². The molecule has 0 aliphatic rings. The average molecular weight is 287 g/mol. The molecule has 1 N–H and O–H groups in total. The second kappa shape index (κ2) is 5.57. The monoisotopic (exact) mass is 286 g/mol. The van der Waals surface area contributed by atoms with Crippen LogP contribution in [0.2, 0.25) is 10.0 Å². The van der Waals surface area contributed by atoms with E-state index in [4.69, 9.17) is 33.0 Å². The van der Waals surface area contributed by atoms with Crippen molar-refractivity contribution in [2.24, 2.45) is 0 Å². The van der Waals surface area contributed by atoms with Gasteiger partial charge in [-0.1, -0.05) is 29.3 Å². The quantitative estimate of drug-likeness (QED) is 0.905. The number of hydrogen-bond acceptors (Lipinski definition) is 2. The van der Waals surface area contributed by atoms with E-state index in [-0.39, 0.29) is 11.3 Å². The average Bonchev–Trinajstić information content (AvgIpc) is 2.34. The molecule has 0 aliphatic heterocycles. The molecule has 0 fully saturated rings. The lowest BCUT2D eigenvalue weighted by Gasteiger charge is -2.10. The van der Waals surface area contributed by atoms with E-state index < -0.39 is 12.4 Å². The van der Waals surface area contributed by atoms with Crippen molar-refractivity contribution in [3.05, 3.63) is 57.8 Å². The minimum Gasteiger partial charge on any atom is -0.457 e. The molecule has 18 heavy (non-hydrogen) atoms. The Morgan fingerprint density at radius 2 is 1.89 bits per heavy atom. The van der Waals surface area contributed by atoms with E-state index in [0.29, 0.717) is 15.8 Å². The van der Waals surface area contributed by atoms with Crippen molar-refractivity contribution in [2.45, 2.75) is 6.61 Å². The van der Waals surface area contributed by atoms with E-state index in [0.717, 1.165) is 0 Å². The summed E-state index contributed by atoms with van der Waals surface area (Å²) in [6.45, 7) is -0.441. The van der Waals surface area contributed by atoms with Gasteiger partial charge < -0.3 is 9.84 Å². The molecule has 0 heterocycles. The van der Waals surface area contributed by atoms with Crippen molar-refractivity contribution >= 4 is 23.2 Å². The summed E-state index contributed by atoms with van der Waals surface area (Å²) in [6.07, 6.45) is 0. The van der Waals surface area contributed by atoms with Gasteiger partial charge in [0.15, 0.2) is 0 Å². The fourth-order valence-electron chi connectivity index (χ4n) is 1.46. The number of aliphatic hydroxyl groups excluding tert-OH is 1. The summed E-state index contributed by atoms with van der Waals surface area (Å²) in [6, 6.07) is 9.04. The van der Waals surface area contributed by atoms with E-state index in [2.05, 4.69) is 0 Å². The van der Waals surface area contributed by atoms with Crippen molar-refractivity contribution in [2.75, 3.05) is 0 Å². The summed E-state index contributed by atoms with van der Waals surface area (Å²) >= 11 is 11.6. The largest absolute Gasteiger partial charge is 0.457 e. The van der Waals surface area contributed by atoms with Gasteiger partial charge in [-0.2, -0.15) is 0 Å². The van der Waals surface area contributed by atoms with E-state index >= 15 is 0 Å². The first-order chi connectivity index (χ1) is 8.61. The van der Waals surface area contributed by atoms with Gasteiger partial charge >= 0.3 is 0 Å². The van der Waals surface area contributed by atoms with Crippen LogP contribution < -0.4 is 4.74 Å². The molecule has 0 aromatic heterocycles. The number of halogens is 3. The van der Waals surface area contributed by atoms with Crippen LogP contribution in [0.1, 0.15) is 5.56 Å². The predicted molar refractivity (Wildman–Crippen MR) is 68.9 cm³/mol. The molecule has 5 heteroatoms. The van der Waals surface area contributed by atoms with Gasteiger partial charge in [-0.15, -0.1) is 0 Å². The number of ether oxygens (including phenoxy) is 1. The Hall–Kier alpha value is -1.29. The molecule has 0 saturated carbocycles. The maximum absolute atomic E-state index is 13.4. The first-order valence-corrected chi connectivity index (χ1v) is 5.88. The molecule has 2 rings (SSSR count). The SMILES string of the molecule is OCc1c(F)cccc1Oc1ccc(Cl)c(Cl)c1. The minimum absolute atomic E-state index is 0.101. The molecule has 2 aromatic rings. The van der Waals surface area contributed by atoms with Crippen LogP contribution in [0.3, 0.4) is 0 Å². The second-order valence-electron chi connectivity index (χ2n) is 3.55. The zero-order valence-corrected chi connectivity index (χ0v) is 10.7. The lowest BCUT2D eigenvalue weighted by atomic mass is 10.2. The number of benzene rings is 2. The predicted octanol–water partition coefficient (Wildman–Crippen LogP) is 4.42. The molecule has 0 amide bonds. The Kier molecular flexibility index (Phi) is 4.07. The molecule has 2 aromatic carbocycles. The van der Waals surface area contributed by atoms with Crippen LogP contribution in [0.25, 0.3) is 0 Å². The van der Waals surface area contributed by atoms with Crippen molar-refractivity contribution in [1.82, 2.24) is 0 Å². The smallest absolute Gasteiger partial charge is 0.135 e. The Morgan fingerprint density at radius 1 is 1.11 bits per heavy atom. The summed E-state index contributed by atoms with van der Waals surface area (Å²) in [5, 5.41) is 9.86. The van der Waals surface area contributed by atoms with Crippen molar-refractivity contribution in [1.29, 1.82) is 0 Å². The fourth-order valence-corrected chi connectivity index (χ4v) is 1.74. The fraction of sp³-hybridized carbons (Fsp3) is 0.0769. The lowest BCUT2D eigenvalue weighted by Crippen LogP contribution is -1.95. The highest BCUT2D eigenvalue weighted by atomic mass is 35.5. The van der Waals surface area contributed by atoms with Gasteiger partial charge in [-0.05, 0) is 24.3 Å². The Labute approximate surface area is 114 Å². The summed E-state index contributed by atoms with van der Waals surface area (Å²) in [4.78, 5) is 0. The number of rotatable bonds is 3. The molecule has 2 nitrogen and oxygen atoms in total. The maximum atomic E-state index is 13.4. The van der Waals surface area contributed by atoms with Crippen LogP contribution in [0, 0.1) is 5.82 Å². The van der Waals surface area contributed by atoms with Crippen LogP contribution in [0.4, 0.5) is 4.39 Å². The Bertz CT molecular complexity index is 573. The zero-order valence-electron chi connectivity index (χ0n) is 9.16. The molecule has 0 radical (unpaired) electrons. The van der Waals surface area contributed by atoms with E-state index in [9.17, 15) is 4.39 Å². The van der Waals surface area contributed by atoms with Gasteiger partial charge in [-0.3, -0.25) is 0 Å². The van der Waals surface area contributed by atoms with E-state index in [1.807, 2.05) is 0 Å². The van der Waals surface area contributed by atoms with Gasteiger partial charge in [0.2, 0.25) is 0 Å². The lowest BCUT2D eigenvalue weighted by molar-refractivity contribution is 0.270. The second-order valence-corrected chi connectivity index (χ2v) is 4.37. The van der Waals surface area contributed by atoms with Crippen molar-refractivity contribution in [3.8, 4) is 11.5 Å². The number of aliphatic hydroxyl groups is 1. The standard InChI is InChI=1S/C13H9Cl2FO2/c14-10-5-4-8(6-11(10)15)18-13-3-1-2-12(16)9(13)7-17/h1-6,17H,7H2. The molecule has 0 bridgehead atoms. The van der Waals surface area contributed by atoms with Gasteiger partial charge in [0.25, 0.3) is 0 Å². The van der Waals surface area contributed by atoms with Crippen LogP contribution in [0.5, 0.6) is 11.5 Å². The molecule has 0 spiro atoms. The highest BCUT2D eigenvalue weighted by molar-refractivity contribution is 6.42. The molecule has 0 aliphatic carbocycles. The van der Waals surface area contributed by atoms with Gasteiger partial charge in [0, 0.05) is 6.07 Å². The third-order valence-electron chi connectivity index (χ3n) is 2.35. The summed E-state index contributed by atoms with van der Waals surface area (Å²) in [5.74, 6) is 0.149. The van der Waals surface area contributed by atoms with E-state index in [1.54, 1.807) is 18.2 Å². The molecule has 0 unspecified atom stereocenters. The highest BCUT2D eigenvalue weighted by Gasteiger charge is 2.10. The zero-order chi connectivity index (χ0) is 13.1. The molecule has 94 valence electrons. The highest BCUT2D eigenvalue weighted by Crippen LogP contribution is 2.31. The molecular formula is C13H9Cl2FO2. The van der Waals surface area contributed by atoms with E-state index in [1.165, 1.54) is 18.2 Å². The molecule has 0 saturated heterocycles. The topological polar surface area (TPSA) is 29.5 Å².